The lowest BCUT2D eigenvalue weighted by molar-refractivity contribution is -0.171. The van der Waals surface area contributed by atoms with Gasteiger partial charge in [-0.25, -0.2) is 9.18 Å². The Bertz CT molecular complexity index is 545. The van der Waals surface area contributed by atoms with E-state index in [0.717, 1.165) is 6.92 Å². The average Bonchev–Trinajstić information content (AvgIpc) is 2.37. The maximum absolute atomic E-state index is 14.7. The van der Waals surface area contributed by atoms with Crippen LogP contribution in [0.5, 0.6) is 0 Å². The summed E-state index contributed by atoms with van der Waals surface area (Å²) in [6, 6.07) is 7.94. The number of hydrogen-bond acceptors (Lipinski definition) is 4. The van der Waals surface area contributed by atoms with Gasteiger partial charge in [0.1, 0.15) is 5.60 Å². The topological polar surface area (TPSA) is 60.4 Å². The van der Waals surface area contributed by atoms with Crippen LogP contribution in [0, 0.1) is 0 Å². The molecule has 4 nitrogen and oxygen atoms in total. The molecule has 0 N–H and O–H groups in total. The Balaban J connectivity index is 2.99. The van der Waals surface area contributed by atoms with Crippen LogP contribution in [0.4, 0.5) is 4.39 Å². The zero-order valence-corrected chi connectivity index (χ0v) is 12.6. The Morgan fingerprint density at radius 1 is 1.10 bits per heavy atom. The second-order valence-electron chi connectivity index (χ2n) is 5.83. The number of carbonyl (C=O) groups is 3. The molecule has 0 amide bonds. The number of rotatable bonds is 5. The second kappa shape index (κ2) is 6.16. The minimum absolute atomic E-state index is 0.240. The molecule has 114 valence electrons. The van der Waals surface area contributed by atoms with Gasteiger partial charge in [-0.3, -0.25) is 9.59 Å². The smallest absolute Gasteiger partial charge is 0.352 e. The first-order chi connectivity index (χ1) is 9.56. The van der Waals surface area contributed by atoms with E-state index in [1.165, 1.54) is 12.1 Å². The van der Waals surface area contributed by atoms with Crippen molar-refractivity contribution in [3.05, 3.63) is 35.9 Å². The fraction of sp³-hybridized carbons (Fsp3) is 0.438. The van der Waals surface area contributed by atoms with Crippen molar-refractivity contribution in [1.29, 1.82) is 0 Å². The fourth-order valence-electron chi connectivity index (χ4n) is 1.65. The number of alkyl halides is 1. The van der Waals surface area contributed by atoms with E-state index in [0.29, 0.717) is 0 Å². The molecule has 0 bridgehead atoms. The van der Waals surface area contributed by atoms with E-state index in [1.54, 1.807) is 39.0 Å². The Morgan fingerprint density at radius 3 is 2.05 bits per heavy atom. The molecule has 0 aliphatic heterocycles. The summed E-state index contributed by atoms with van der Waals surface area (Å²) >= 11 is 0. The highest BCUT2D eigenvalue weighted by Crippen LogP contribution is 2.25. The van der Waals surface area contributed by atoms with E-state index in [9.17, 15) is 18.8 Å². The van der Waals surface area contributed by atoms with Crippen LogP contribution in [0.25, 0.3) is 0 Å². The molecule has 0 aromatic heterocycles. The Kier molecular flexibility index (Phi) is 4.99. The van der Waals surface area contributed by atoms with Crippen LogP contribution in [0.15, 0.2) is 30.3 Å². The van der Waals surface area contributed by atoms with Crippen molar-refractivity contribution in [2.75, 3.05) is 0 Å². The summed E-state index contributed by atoms with van der Waals surface area (Å²) in [7, 11) is 0. The van der Waals surface area contributed by atoms with Crippen molar-refractivity contribution in [1.82, 2.24) is 0 Å². The number of hydrogen-bond donors (Lipinski definition) is 0. The van der Waals surface area contributed by atoms with Crippen molar-refractivity contribution in [2.45, 2.75) is 45.4 Å². The standard InChI is InChI=1S/C16H19FO4/c1-11(18)16(17,14(20)21-15(2,3)4)10-13(19)12-8-6-5-7-9-12/h5-9H,10H2,1-4H3/t16-/m0/s1. The molecule has 1 aromatic rings. The summed E-state index contributed by atoms with van der Waals surface area (Å²) in [6.07, 6.45) is -0.860. The zero-order valence-electron chi connectivity index (χ0n) is 12.6. The SMILES string of the molecule is CC(=O)[C@@](F)(CC(=O)c1ccccc1)C(=O)OC(C)(C)C. The molecule has 0 aliphatic carbocycles. The third-order valence-corrected chi connectivity index (χ3v) is 2.78. The van der Waals surface area contributed by atoms with Gasteiger partial charge in [-0.05, 0) is 27.7 Å². The summed E-state index contributed by atoms with van der Waals surface area (Å²) in [5, 5.41) is 0. The van der Waals surface area contributed by atoms with E-state index in [2.05, 4.69) is 0 Å². The number of esters is 1. The maximum Gasteiger partial charge on any atom is 0.352 e. The van der Waals surface area contributed by atoms with E-state index in [4.69, 9.17) is 4.74 Å². The van der Waals surface area contributed by atoms with Crippen LogP contribution >= 0.6 is 0 Å². The van der Waals surface area contributed by atoms with E-state index in [-0.39, 0.29) is 5.56 Å². The summed E-state index contributed by atoms with van der Waals surface area (Å²) in [5.41, 5.74) is -3.66. The molecule has 0 saturated carbocycles. The molecule has 0 saturated heterocycles. The molecule has 1 aromatic carbocycles. The van der Waals surface area contributed by atoms with Gasteiger partial charge < -0.3 is 4.74 Å². The number of ether oxygens (including phenoxy) is 1. The predicted molar refractivity (Wildman–Crippen MR) is 75.8 cm³/mol. The molecule has 0 unspecified atom stereocenters. The van der Waals surface area contributed by atoms with Gasteiger partial charge in [0.15, 0.2) is 11.6 Å². The number of carbonyl (C=O) groups excluding carboxylic acids is 3. The van der Waals surface area contributed by atoms with Crippen LogP contribution in [0.3, 0.4) is 0 Å². The fourth-order valence-corrected chi connectivity index (χ4v) is 1.65. The first-order valence-electron chi connectivity index (χ1n) is 6.58. The highest BCUT2D eigenvalue weighted by atomic mass is 19.1. The highest BCUT2D eigenvalue weighted by Gasteiger charge is 2.48. The first-order valence-corrected chi connectivity index (χ1v) is 6.58. The van der Waals surface area contributed by atoms with Gasteiger partial charge in [-0.1, -0.05) is 30.3 Å². The van der Waals surface area contributed by atoms with Gasteiger partial charge in [-0.2, -0.15) is 0 Å². The van der Waals surface area contributed by atoms with Crippen LogP contribution in [-0.2, 0) is 14.3 Å². The van der Waals surface area contributed by atoms with Crippen LogP contribution in [0.2, 0.25) is 0 Å². The molecule has 21 heavy (non-hydrogen) atoms. The minimum atomic E-state index is -2.96. The quantitative estimate of drug-likeness (QED) is 0.476. The average molecular weight is 294 g/mol. The van der Waals surface area contributed by atoms with Gasteiger partial charge in [0, 0.05) is 5.56 Å². The molecule has 0 fully saturated rings. The maximum atomic E-state index is 14.7. The first kappa shape index (κ1) is 17.0. The monoisotopic (exact) mass is 294 g/mol. The summed E-state index contributed by atoms with van der Waals surface area (Å²) in [4.78, 5) is 35.5. The molecular weight excluding hydrogens is 275 g/mol. The van der Waals surface area contributed by atoms with Crippen LogP contribution in [-0.4, -0.2) is 28.8 Å². The lowest BCUT2D eigenvalue weighted by atomic mass is 9.92. The van der Waals surface area contributed by atoms with E-state index < -0.39 is 35.2 Å². The van der Waals surface area contributed by atoms with Crippen LogP contribution < -0.4 is 0 Å². The third kappa shape index (κ3) is 4.48. The number of halogens is 1. The molecule has 5 heteroatoms. The minimum Gasteiger partial charge on any atom is -0.457 e. The molecular formula is C16H19FO4. The summed E-state index contributed by atoms with van der Waals surface area (Å²) < 4.78 is 19.6. The Hall–Kier alpha value is -2.04. The number of Topliss-reactive ketones (excluding diaryl/α,β-unsaturated/α-hetero) is 2. The van der Waals surface area contributed by atoms with Crippen molar-refractivity contribution < 1.29 is 23.5 Å². The molecule has 0 radical (unpaired) electrons. The normalized spacial score (nSPS) is 14.1. The third-order valence-electron chi connectivity index (χ3n) is 2.78. The Labute approximate surface area is 123 Å². The van der Waals surface area contributed by atoms with Gasteiger partial charge in [0.25, 0.3) is 5.67 Å². The lowest BCUT2D eigenvalue weighted by Crippen LogP contribution is -2.46. The lowest BCUT2D eigenvalue weighted by Gasteiger charge is -2.26. The highest BCUT2D eigenvalue weighted by molar-refractivity contribution is 6.11. The molecule has 1 atom stereocenters. The van der Waals surface area contributed by atoms with Crippen molar-refractivity contribution in [3.63, 3.8) is 0 Å². The summed E-state index contributed by atoms with van der Waals surface area (Å²) in [5.74, 6) is -2.99. The molecule has 0 spiro atoms. The molecule has 0 heterocycles. The largest absolute Gasteiger partial charge is 0.457 e. The number of ketones is 2. The number of benzene rings is 1. The predicted octanol–water partition coefficient (Wildman–Crippen LogP) is 2.90. The molecule has 1 rings (SSSR count). The van der Waals surface area contributed by atoms with Gasteiger partial charge in [0.2, 0.25) is 0 Å². The van der Waals surface area contributed by atoms with Crippen LogP contribution in [0.1, 0.15) is 44.5 Å². The molecule has 0 aliphatic rings. The van der Waals surface area contributed by atoms with Gasteiger partial charge >= 0.3 is 5.97 Å². The Morgan fingerprint density at radius 2 is 1.62 bits per heavy atom. The van der Waals surface area contributed by atoms with E-state index in [1.807, 2.05) is 0 Å². The van der Waals surface area contributed by atoms with Gasteiger partial charge in [-0.15, -0.1) is 0 Å². The van der Waals surface area contributed by atoms with Gasteiger partial charge in [0.05, 0.1) is 6.42 Å². The summed E-state index contributed by atoms with van der Waals surface area (Å²) in [6.45, 7) is 5.61. The van der Waals surface area contributed by atoms with E-state index >= 15 is 0 Å². The van der Waals surface area contributed by atoms with Crippen molar-refractivity contribution >= 4 is 17.5 Å². The van der Waals surface area contributed by atoms with Crippen molar-refractivity contribution in [3.8, 4) is 0 Å². The zero-order chi connectivity index (χ0) is 16.3. The second-order valence-corrected chi connectivity index (χ2v) is 5.83. The van der Waals surface area contributed by atoms with Crippen molar-refractivity contribution in [2.24, 2.45) is 0 Å².